The molecule has 1 saturated heterocycles. The van der Waals surface area contributed by atoms with Gasteiger partial charge in [-0.05, 0) is 38.9 Å². The Bertz CT molecular complexity index is 570. The highest BCUT2D eigenvalue weighted by Crippen LogP contribution is 2.23. The summed E-state index contributed by atoms with van der Waals surface area (Å²) in [4.78, 5) is 4.63. The minimum absolute atomic E-state index is 0.482. The summed E-state index contributed by atoms with van der Waals surface area (Å²) >= 11 is 0. The van der Waals surface area contributed by atoms with Crippen molar-refractivity contribution in [1.82, 2.24) is 20.3 Å². The van der Waals surface area contributed by atoms with Gasteiger partial charge in [0.1, 0.15) is 0 Å². The number of hydrogen-bond donors (Lipinski definition) is 0. The molecule has 1 aliphatic rings. The predicted molar refractivity (Wildman–Crippen MR) is 80.0 cm³/mol. The number of rotatable bonds is 5. The van der Waals surface area contributed by atoms with Crippen molar-refractivity contribution in [1.29, 1.82) is 0 Å². The summed E-state index contributed by atoms with van der Waals surface area (Å²) in [7, 11) is 2.12. The summed E-state index contributed by atoms with van der Waals surface area (Å²) in [6.45, 7) is 4.76. The summed E-state index contributed by atoms with van der Waals surface area (Å²) in [6.07, 6.45) is 4.11. The van der Waals surface area contributed by atoms with E-state index in [9.17, 15) is 0 Å². The number of aromatic nitrogens is 3. The Balaban J connectivity index is 1.61. The van der Waals surface area contributed by atoms with E-state index in [0.29, 0.717) is 6.04 Å². The second kappa shape index (κ2) is 6.22. The third kappa shape index (κ3) is 3.39. The van der Waals surface area contributed by atoms with Crippen LogP contribution in [0.15, 0.2) is 28.9 Å². The maximum absolute atomic E-state index is 5.28. The molecule has 0 spiro atoms. The zero-order valence-corrected chi connectivity index (χ0v) is 12.6. The van der Waals surface area contributed by atoms with Crippen LogP contribution in [0.3, 0.4) is 0 Å². The largest absolute Gasteiger partial charge is 0.360 e. The molecule has 6 nitrogen and oxygen atoms in total. The summed E-state index contributed by atoms with van der Waals surface area (Å²) in [5.41, 5.74) is 0.931. The first-order chi connectivity index (χ1) is 10.2. The van der Waals surface area contributed by atoms with Gasteiger partial charge in [0.15, 0.2) is 11.6 Å². The lowest BCUT2D eigenvalue weighted by molar-refractivity contribution is 0.259. The lowest BCUT2D eigenvalue weighted by Gasteiger charge is -2.28. The third-order valence-corrected chi connectivity index (χ3v) is 3.85. The number of hydrogen-bond acceptors (Lipinski definition) is 6. The van der Waals surface area contributed by atoms with E-state index < -0.39 is 0 Å². The van der Waals surface area contributed by atoms with E-state index in [2.05, 4.69) is 32.2 Å². The average molecular weight is 287 g/mol. The molecular formula is C15H21N5O. The number of nitrogens with zero attached hydrogens (tertiary/aromatic N) is 5. The van der Waals surface area contributed by atoms with Gasteiger partial charge >= 0.3 is 0 Å². The highest BCUT2D eigenvalue weighted by Gasteiger charge is 2.27. The van der Waals surface area contributed by atoms with Crippen LogP contribution >= 0.6 is 0 Å². The SMILES string of the molecule is Cc1cc(CN(C)C[C@H]2CCCN2c2cccnn2)on1. The molecule has 112 valence electrons. The smallest absolute Gasteiger partial charge is 0.151 e. The van der Waals surface area contributed by atoms with Crippen LogP contribution in [0.25, 0.3) is 0 Å². The molecule has 2 aromatic rings. The van der Waals surface area contributed by atoms with Gasteiger partial charge in [0, 0.05) is 31.4 Å². The summed E-state index contributed by atoms with van der Waals surface area (Å²) in [6, 6.07) is 6.45. The Kier molecular flexibility index (Phi) is 4.15. The van der Waals surface area contributed by atoms with Crippen LogP contribution in [-0.4, -0.2) is 46.4 Å². The Morgan fingerprint density at radius 1 is 1.48 bits per heavy atom. The molecule has 1 fully saturated rings. The standard InChI is InChI=1S/C15H21N5O/c1-12-9-14(21-18-12)11-19(2)10-13-5-4-8-20(13)15-6-3-7-16-17-15/h3,6-7,9,13H,4-5,8,10-11H2,1-2H3/t13-/m1/s1. The minimum Gasteiger partial charge on any atom is -0.360 e. The van der Waals surface area contributed by atoms with Crippen molar-refractivity contribution in [3.8, 4) is 0 Å². The van der Waals surface area contributed by atoms with Crippen LogP contribution in [0.5, 0.6) is 0 Å². The first kappa shape index (κ1) is 14.0. The molecule has 0 aromatic carbocycles. The normalized spacial score (nSPS) is 18.6. The molecule has 1 atom stereocenters. The predicted octanol–water partition coefficient (Wildman–Crippen LogP) is 1.87. The van der Waals surface area contributed by atoms with E-state index in [1.807, 2.05) is 25.1 Å². The molecule has 1 aliphatic heterocycles. The van der Waals surface area contributed by atoms with Crippen LogP contribution in [0.4, 0.5) is 5.82 Å². The molecule has 0 bridgehead atoms. The molecule has 0 unspecified atom stereocenters. The van der Waals surface area contributed by atoms with Crippen LogP contribution in [0.2, 0.25) is 0 Å². The minimum atomic E-state index is 0.482. The first-order valence-corrected chi connectivity index (χ1v) is 7.37. The van der Waals surface area contributed by atoms with Crippen molar-refractivity contribution in [2.45, 2.75) is 32.4 Å². The van der Waals surface area contributed by atoms with Gasteiger partial charge in [-0.2, -0.15) is 5.10 Å². The Labute approximate surface area is 124 Å². The lowest BCUT2D eigenvalue weighted by Crippen LogP contribution is -2.39. The molecule has 3 rings (SSSR count). The number of anilines is 1. The van der Waals surface area contributed by atoms with E-state index in [0.717, 1.165) is 36.9 Å². The van der Waals surface area contributed by atoms with E-state index in [1.54, 1.807) is 6.20 Å². The molecule has 0 aliphatic carbocycles. The highest BCUT2D eigenvalue weighted by molar-refractivity contribution is 5.39. The van der Waals surface area contributed by atoms with E-state index in [4.69, 9.17) is 4.52 Å². The van der Waals surface area contributed by atoms with Gasteiger partial charge in [0.2, 0.25) is 0 Å². The highest BCUT2D eigenvalue weighted by atomic mass is 16.5. The van der Waals surface area contributed by atoms with E-state index in [-0.39, 0.29) is 0 Å². The molecule has 2 aromatic heterocycles. The second-order valence-corrected chi connectivity index (χ2v) is 5.70. The van der Waals surface area contributed by atoms with Gasteiger partial charge in [-0.15, -0.1) is 5.10 Å². The first-order valence-electron chi connectivity index (χ1n) is 7.37. The fraction of sp³-hybridized carbons (Fsp3) is 0.533. The molecule has 21 heavy (non-hydrogen) atoms. The van der Waals surface area contributed by atoms with E-state index in [1.165, 1.54) is 12.8 Å². The number of aryl methyl sites for hydroxylation is 1. The zero-order chi connectivity index (χ0) is 14.7. The fourth-order valence-electron chi connectivity index (χ4n) is 2.95. The monoisotopic (exact) mass is 287 g/mol. The maximum Gasteiger partial charge on any atom is 0.151 e. The third-order valence-electron chi connectivity index (χ3n) is 3.85. The molecule has 3 heterocycles. The quantitative estimate of drug-likeness (QED) is 0.837. The van der Waals surface area contributed by atoms with Gasteiger partial charge in [-0.25, -0.2) is 0 Å². The van der Waals surface area contributed by atoms with Gasteiger partial charge < -0.3 is 9.42 Å². The van der Waals surface area contributed by atoms with Crippen molar-refractivity contribution < 1.29 is 4.52 Å². The van der Waals surface area contributed by atoms with Crippen LogP contribution in [0, 0.1) is 6.92 Å². The van der Waals surface area contributed by atoms with Crippen LogP contribution in [-0.2, 0) is 6.54 Å². The number of likely N-dealkylation sites (N-methyl/N-ethyl adjacent to an activating group) is 1. The topological polar surface area (TPSA) is 58.3 Å². The molecule has 6 heteroatoms. The van der Waals surface area contributed by atoms with Crippen molar-refractivity contribution in [2.24, 2.45) is 0 Å². The lowest BCUT2D eigenvalue weighted by atomic mass is 10.2. The maximum atomic E-state index is 5.28. The van der Waals surface area contributed by atoms with Crippen molar-refractivity contribution in [3.63, 3.8) is 0 Å². The summed E-state index contributed by atoms with van der Waals surface area (Å²) < 4.78 is 5.28. The van der Waals surface area contributed by atoms with Crippen molar-refractivity contribution in [3.05, 3.63) is 35.9 Å². The molecular weight excluding hydrogens is 266 g/mol. The average Bonchev–Trinajstić information content (AvgIpc) is 3.09. The van der Waals surface area contributed by atoms with Gasteiger partial charge in [-0.3, -0.25) is 4.90 Å². The fourth-order valence-corrected chi connectivity index (χ4v) is 2.95. The van der Waals surface area contributed by atoms with E-state index >= 15 is 0 Å². The van der Waals surface area contributed by atoms with Crippen molar-refractivity contribution >= 4 is 5.82 Å². The van der Waals surface area contributed by atoms with Crippen LogP contribution in [0.1, 0.15) is 24.3 Å². The molecule has 0 saturated carbocycles. The van der Waals surface area contributed by atoms with Gasteiger partial charge in [0.25, 0.3) is 0 Å². The molecule has 0 N–H and O–H groups in total. The second-order valence-electron chi connectivity index (χ2n) is 5.70. The molecule has 0 amide bonds. The van der Waals surface area contributed by atoms with Crippen molar-refractivity contribution in [2.75, 3.05) is 25.0 Å². The Morgan fingerprint density at radius 2 is 2.38 bits per heavy atom. The Morgan fingerprint density at radius 3 is 3.10 bits per heavy atom. The Hall–Kier alpha value is -1.95. The van der Waals surface area contributed by atoms with Gasteiger partial charge in [-0.1, -0.05) is 5.16 Å². The summed E-state index contributed by atoms with van der Waals surface area (Å²) in [5, 5.41) is 12.2. The summed E-state index contributed by atoms with van der Waals surface area (Å²) in [5.74, 6) is 1.89. The van der Waals surface area contributed by atoms with Gasteiger partial charge in [0.05, 0.1) is 12.2 Å². The van der Waals surface area contributed by atoms with Crippen LogP contribution < -0.4 is 4.90 Å². The molecule has 0 radical (unpaired) electrons. The zero-order valence-electron chi connectivity index (χ0n) is 12.6.